The molecule has 0 aromatic heterocycles. The molecule has 1 atom stereocenters. The van der Waals surface area contributed by atoms with E-state index in [4.69, 9.17) is 18.2 Å². The van der Waals surface area contributed by atoms with E-state index >= 15 is 0 Å². The molecule has 14 heavy (non-hydrogen) atoms. The molecular formula is C10H16ClNO2. The van der Waals surface area contributed by atoms with Crippen molar-refractivity contribution in [2.45, 2.75) is 38.1 Å². The first-order valence-electron chi connectivity index (χ1n) is 4.63. The number of nitrogens with one attached hydrogen (secondary N) is 1. The van der Waals surface area contributed by atoms with Gasteiger partial charge in [0.2, 0.25) is 0 Å². The molecule has 0 saturated carbocycles. The van der Waals surface area contributed by atoms with Gasteiger partial charge in [-0.1, -0.05) is 12.8 Å². The Morgan fingerprint density at radius 3 is 2.79 bits per heavy atom. The summed E-state index contributed by atoms with van der Waals surface area (Å²) in [7, 11) is 1.35. The summed E-state index contributed by atoms with van der Waals surface area (Å²) in [6.07, 6.45) is 9.50. The molecule has 1 N–H and O–H groups in total. The molecule has 1 unspecified atom stereocenters. The third kappa shape index (κ3) is 5.85. The standard InChI is InChI=1S/C10H16ClNO2/c1-3-4-5-6-7-8-9(12-11)10(13)14-2/h1,9,12H,4-8H2,2H3. The minimum atomic E-state index is -0.410. The van der Waals surface area contributed by atoms with Gasteiger partial charge in [-0.25, -0.2) is 4.84 Å². The number of unbranched alkanes of at least 4 members (excludes halogenated alkanes) is 3. The van der Waals surface area contributed by atoms with Gasteiger partial charge in [-0.3, -0.25) is 4.79 Å². The zero-order chi connectivity index (χ0) is 10.8. The Hall–Kier alpha value is -0.720. The molecule has 0 rings (SSSR count). The second-order valence-electron chi connectivity index (χ2n) is 2.99. The summed E-state index contributed by atoms with van der Waals surface area (Å²) in [4.78, 5) is 13.5. The molecule has 80 valence electrons. The lowest BCUT2D eigenvalue weighted by Crippen LogP contribution is -2.31. The quantitative estimate of drug-likeness (QED) is 0.306. The van der Waals surface area contributed by atoms with Crippen LogP contribution in [0.4, 0.5) is 0 Å². The summed E-state index contributed by atoms with van der Waals surface area (Å²) >= 11 is 5.40. The van der Waals surface area contributed by atoms with Gasteiger partial charge in [0, 0.05) is 6.42 Å². The molecular weight excluding hydrogens is 202 g/mol. The molecule has 0 heterocycles. The zero-order valence-corrected chi connectivity index (χ0v) is 9.14. The first-order chi connectivity index (χ1) is 6.76. The van der Waals surface area contributed by atoms with E-state index in [9.17, 15) is 4.79 Å². The van der Waals surface area contributed by atoms with Crippen molar-refractivity contribution in [1.82, 2.24) is 4.84 Å². The van der Waals surface area contributed by atoms with Crippen molar-refractivity contribution >= 4 is 17.7 Å². The number of methoxy groups -OCH3 is 1. The summed E-state index contributed by atoms with van der Waals surface area (Å²) in [5, 5.41) is 0. The highest BCUT2D eigenvalue weighted by molar-refractivity contribution is 6.14. The Morgan fingerprint density at radius 2 is 2.29 bits per heavy atom. The summed E-state index contributed by atoms with van der Waals surface area (Å²) in [5.41, 5.74) is 0. The highest BCUT2D eigenvalue weighted by atomic mass is 35.5. The molecule has 0 aromatic carbocycles. The minimum absolute atomic E-state index is 0.322. The van der Waals surface area contributed by atoms with Gasteiger partial charge in [-0.2, -0.15) is 0 Å². The van der Waals surface area contributed by atoms with E-state index in [2.05, 4.69) is 15.5 Å². The summed E-state index contributed by atoms with van der Waals surface area (Å²) in [6, 6.07) is -0.410. The van der Waals surface area contributed by atoms with Gasteiger partial charge in [0.1, 0.15) is 6.04 Å². The van der Waals surface area contributed by atoms with Crippen LogP contribution < -0.4 is 4.84 Å². The lowest BCUT2D eigenvalue weighted by atomic mass is 10.1. The number of halogens is 1. The van der Waals surface area contributed by atoms with Crippen LogP contribution in [0.2, 0.25) is 0 Å². The van der Waals surface area contributed by atoms with Crippen LogP contribution in [0.5, 0.6) is 0 Å². The van der Waals surface area contributed by atoms with Crippen LogP contribution in [0.15, 0.2) is 0 Å². The number of rotatable bonds is 7. The molecule has 3 nitrogen and oxygen atoms in total. The zero-order valence-electron chi connectivity index (χ0n) is 8.38. The maximum atomic E-state index is 11.1. The molecule has 0 aliphatic heterocycles. The number of carbonyl (C=O) groups is 1. The second-order valence-corrected chi connectivity index (χ2v) is 3.21. The fraction of sp³-hybridized carbons (Fsp3) is 0.700. The van der Waals surface area contributed by atoms with Crippen LogP contribution in [-0.2, 0) is 9.53 Å². The molecule has 0 amide bonds. The van der Waals surface area contributed by atoms with Crippen molar-refractivity contribution in [1.29, 1.82) is 0 Å². The van der Waals surface area contributed by atoms with Crippen molar-refractivity contribution in [2.75, 3.05) is 7.11 Å². The topological polar surface area (TPSA) is 38.3 Å². The molecule has 4 heteroatoms. The van der Waals surface area contributed by atoms with Gasteiger partial charge in [0.15, 0.2) is 0 Å². The van der Waals surface area contributed by atoms with E-state index in [1.54, 1.807) is 0 Å². The molecule has 0 aromatic rings. The van der Waals surface area contributed by atoms with Gasteiger partial charge in [0.05, 0.1) is 7.11 Å². The van der Waals surface area contributed by atoms with E-state index in [-0.39, 0.29) is 5.97 Å². The van der Waals surface area contributed by atoms with Crippen LogP contribution >= 0.6 is 11.8 Å². The molecule has 0 aliphatic rings. The van der Waals surface area contributed by atoms with Crippen molar-refractivity contribution in [3.8, 4) is 12.3 Å². The third-order valence-corrected chi connectivity index (χ3v) is 2.19. The van der Waals surface area contributed by atoms with Crippen molar-refractivity contribution < 1.29 is 9.53 Å². The maximum Gasteiger partial charge on any atom is 0.324 e. The van der Waals surface area contributed by atoms with Gasteiger partial charge in [-0.05, 0) is 24.6 Å². The van der Waals surface area contributed by atoms with Crippen LogP contribution in [-0.4, -0.2) is 19.1 Å². The van der Waals surface area contributed by atoms with E-state index in [0.717, 1.165) is 25.7 Å². The fourth-order valence-electron chi connectivity index (χ4n) is 1.11. The Bertz CT molecular complexity index is 201. The summed E-state index contributed by atoms with van der Waals surface area (Å²) in [5.74, 6) is 2.25. The minimum Gasteiger partial charge on any atom is -0.468 e. The molecule has 0 fully saturated rings. The highest BCUT2D eigenvalue weighted by Gasteiger charge is 2.16. The molecule has 0 aliphatic carbocycles. The summed E-state index contributed by atoms with van der Waals surface area (Å²) in [6.45, 7) is 0. The van der Waals surface area contributed by atoms with Crippen LogP contribution in [0, 0.1) is 12.3 Å². The number of carbonyl (C=O) groups excluding carboxylic acids is 1. The van der Waals surface area contributed by atoms with Gasteiger partial charge >= 0.3 is 5.97 Å². The number of hydrogen-bond acceptors (Lipinski definition) is 3. The van der Waals surface area contributed by atoms with Gasteiger partial charge in [0.25, 0.3) is 0 Å². The first kappa shape index (κ1) is 13.3. The van der Waals surface area contributed by atoms with E-state index in [0.29, 0.717) is 6.42 Å². The Kier molecular flexibility index (Phi) is 8.40. The number of terminal acetylenes is 1. The fourth-order valence-corrected chi connectivity index (χ4v) is 1.31. The van der Waals surface area contributed by atoms with E-state index < -0.39 is 6.04 Å². The number of ether oxygens (including phenoxy) is 1. The first-order valence-corrected chi connectivity index (χ1v) is 5.01. The largest absolute Gasteiger partial charge is 0.468 e. The Balaban J connectivity index is 3.54. The van der Waals surface area contributed by atoms with Crippen molar-refractivity contribution in [2.24, 2.45) is 0 Å². The molecule has 0 saturated heterocycles. The molecule has 0 radical (unpaired) electrons. The van der Waals surface area contributed by atoms with Crippen LogP contribution in [0.25, 0.3) is 0 Å². The predicted octanol–water partition coefficient (Wildman–Crippen LogP) is 1.86. The highest BCUT2D eigenvalue weighted by Crippen LogP contribution is 2.07. The van der Waals surface area contributed by atoms with E-state index in [1.165, 1.54) is 7.11 Å². The molecule has 0 bridgehead atoms. The smallest absolute Gasteiger partial charge is 0.324 e. The lowest BCUT2D eigenvalue weighted by molar-refractivity contribution is -0.142. The Morgan fingerprint density at radius 1 is 1.57 bits per heavy atom. The Labute approximate surface area is 90.3 Å². The summed E-state index contributed by atoms with van der Waals surface area (Å²) < 4.78 is 4.56. The maximum absolute atomic E-state index is 11.1. The van der Waals surface area contributed by atoms with Gasteiger partial charge < -0.3 is 4.74 Å². The van der Waals surface area contributed by atoms with E-state index in [1.807, 2.05) is 0 Å². The molecule has 0 spiro atoms. The number of esters is 1. The van der Waals surface area contributed by atoms with Gasteiger partial charge in [-0.15, -0.1) is 12.3 Å². The van der Waals surface area contributed by atoms with Crippen LogP contribution in [0.1, 0.15) is 32.1 Å². The third-order valence-electron chi connectivity index (χ3n) is 1.93. The predicted molar refractivity (Wildman–Crippen MR) is 56.7 cm³/mol. The monoisotopic (exact) mass is 217 g/mol. The normalized spacial score (nSPS) is 11.8. The second kappa shape index (κ2) is 8.86. The van der Waals surface area contributed by atoms with Crippen molar-refractivity contribution in [3.63, 3.8) is 0 Å². The lowest BCUT2D eigenvalue weighted by Gasteiger charge is -2.11. The number of hydrogen-bond donors (Lipinski definition) is 1. The average molecular weight is 218 g/mol. The average Bonchev–Trinajstić information content (AvgIpc) is 2.22. The van der Waals surface area contributed by atoms with Crippen molar-refractivity contribution in [3.05, 3.63) is 0 Å². The van der Waals surface area contributed by atoms with Crippen LogP contribution in [0.3, 0.4) is 0 Å². The SMILES string of the molecule is C#CCCCCCC(NCl)C(=O)OC.